The van der Waals surface area contributed by atoms with E-state index in [1.165, 1.54) is 0 Å². The van der Waals surface area contributed by atoms with Gasteiger partial charge in [0.1, 0.15) is 0 Å². The predicted octanol–water partition coefficient (Wildman–Crippen LogP) is 1.34. The van der Waals surface area contributed by atoms with E-state index < -0.39 is 0 Å². The smallest absolute Gasteiger partial charge is 0.222 e. The maximum absolute atomic E-state index is 11.6. The highest BCUT2D eigenvalue weighted by Crippen LogP contribution is 2.15. The van der Waals surface area contributed by atoms with Crippen LogP contribution in [0, 0.1) is 0 Å². The average Bonchev–Trinajstić information content (AvgIpc) is 2.18. The number of nitrogens with zero attached hydrogens (tertiary/aromatic N) is 2. The van der Waals surface area contributed by atoms with Gasteiger partial charge in [0.05, 0.1) is 0 Å². The molecule has 0 aromatic heterocycles. The van der Waals surface area contributed by atoms with Gasteiger partial charge in [-0.05, 0) is 39.4 Å². The molecule has 3 heteroatoms. The molecule has 0 N–H and O–H groups in total. The lowest BCUT2D eigenvalue weighted by Gasteiger charge is -2.35. The normalized spacial score (nSPS) is 19.6. The summed E-state index contributed by atoms with van der Waals surface area (Å²) >= 11 is 0. The van der Waals surface area contributed by atoms with Gasteiger partial charge in [0.25, 0.3) is 0 Å². The van der Waals surface area contributed by atoms with Crippen molar-refractivity contribution in [3.05, 3.63) is 0 Å². The maximum Gasteiger partial charge on any atom is 0.222 e. The molecule has 1 rings (SSSR count). The molecule has 14 heavy (non-hydrogen) atoms. The van der Waals surface area contributed by atoms with E-state index in [1.54, 1.807) is 0 Å². The average molecular weight is 198 g/mol. The molecule has 0 spiro atoms. The Kier molecular flexibility index (Phi) is 4.39. The summed E-state index contributed by atoms with van der Waals surface area (Å²) in [4.78, 5) is 15.9. The summed E-state index contributed by atoms with van der Waals surface area (Å²) in [5, 5.41) is 0. The Hall–Kier alpha value is -0.570. The first-order valence-electron chi connectivity index (χ1n) is 5.59. The standard InChI is InChI=1S/C11H22N2O/c1-4-5-11(14)13(3)10-6-8-12(2)9-7-10/h10H,4-9H2,1-3H3. The van der Waals surface area contributed by atoms with E-state index in [0.717, 1.165) is 32.4 Å². The minimum Gasteiger partial charge on any atom is -0.343 e. The quantitative estimate of drug-likeness (QED) is 0.683. The lowest BCUT2D eigenvalue weighted by atomic mass is 10.0. The molecule has 82 valence electrons. The van der Waals surface area contributed by atoms with Gasteiger partial charge in [-0.15, -0.1) is 0 Å². The van der Waals surface area contributed by atoms with Gasteiger partial charge in [0, 0.05) is 19.5 Å². The fraction of sp³-hybridized carbons (Fsp3) is 0.909. The number of carbonyl (C=O) groups is 1. The summed E-state index contributed by atoms with van der Waals surface area (Å²) in [5.74, 6) is 0.307. The first-order valence-corrected chi connectivity index (χ1v) is 5.59. The molecule has 1 heterocycles. The summed E-state index contributed by atoms with van der Waals surface area (Å²) in [6.07, 6.45) is 3.91. The van der Waals surface area contributed by atoms with E-state index >= 15 is 0 Å². The summed E-state index contributed by atoms with van der Waals surface area (Å²) in [6, 6.07) is 0.477. The number of hydrogen-bond acceptors (Lipinski definition) is 2. The highest BCUT2D eigenvalue weighted by atomic mass is 16.2. The largest absolute Gasteiger partial charge is 0.343 e. The number of hydrogen-bond donors (Lipinski definition) is 0. The Labute approximate surface area is 87.1 Å². The Morgan fingerprint density at radius 3 is 2.50 bits per heavy atom. The van der Waals surface area contributed by atoms with Gasteiger partial charge in [0.15, 0.2) is 0 Å². The van der Waals surface area contributed by atoms with Gasteiger partial charge < -0.3 is 9.80 Å². The molecule has 0 aromatic carbocycles. The van der Waals surface area contributed by atoms with Crippen molar-refractivity contribution in [3.8, 4) is 0 Å². The molecule has 1 amide bonds. The van der Waals surface area contributed by atoms with Gasteiger partial charge in [-0.2, -0.15) is 0 Å². The maximum atomic E-state index is 11.6. The van der Waals surface area contributed by atoms with E-state index in [-0.39, 0.29) is 0 Å². The highest BCUT2D eigenvalue weighted by molar-refractivity contribution is 5.76. The van der Waals surface area contributed by atoms with Crippen molar-refractivity contribution < 1.29 is 4.79 Å². The third kappa shape index (κ3) is 2.98. The molecule has 0 saturated carbocycles. The molecule has 1 aliphatic heterocycles. The molecule has 3 nitrogen and oxygen atoms in total. The van der Waals surface area contributed by atoms with Gasteiger partial charge in [0.2, 0.25) is 5.91 Å². The van der Waals surface area contributed by atoms with Crippen LogP contribution in [0.5, 0.6) is 0 Å². The van der Waals surface area contributed by atoms with Crippen LogP contribution in [-0.2, 0) is 4.79 Å². The van der Waals surface area contributed by atoms with Crippen molar-refractivity contribution in [1.29, 1.82) is 0 Å². The highest BCUT2D eigenvalue weighted by Gasteiger charge is 2.22. The second-order valence-electron chi connectivity index (χ2n) is 4.29. The third-order valence-electron chi connectivity index (χ3n) is 3.09. The second kappa shape index (κ2) is 5.35. The number of likely N-dealkylation sites (tertiary alicyclic amines) is 1. The molecule has 1 aliphatic rings. The van der Waals surface area contributed by atoms with E-state index in [1.807, 2.05) is 11.9 Å². The molecule has 0 bridgehead atoms. The minimum atomic E-state index is 0.307. The van der Waals surface area contributed by atoms with Crippen LogP contribution in [0.2, 0.25) is 0 Å². The molecule has 0 radical (unpaired) electrons. The zero-order chi connectivity index (χ0) is 10.6. The lowest BCUT2D eigenvalue weighted by Crippen LogP contribution is -2.44. The van der Waals surface area contributed by atoms with E-state index in [0.29, 0.717) is 18.4 Å². The first-order chi connectivity index (χ1) is 6.65. The number of piperidine rings is 1. The monoisotopic (exact) mass is 198 g/mol. The van der Waals surface area contributed by atoms with Crippen LogP contribution >= 0.6 is 0 Å². The molecule has 0 aromatic rings. The Bertz CT molecular complexity index is 186. The van der Waals surface area contributed by atoms with Crippen molar-refractivity contribution in [2.75, 3.05) is 27.2 Å². The first kappa shape index (κ1) is 11.5. The Balaban J connectivity index is 2.37. The van der Waals surface area contributed by atoms with Crippen molar-refractivity contribution in [2.45, 2.75) is 38.6 Å². The zero-order valence-corrected chi connectivity index (χ0v) is 9.62. The predicted molar refractivity (Wildman–Crippen MR) is 58.2 cm³/mol. The van der Waals surface area contributed by atoms with Gasteiger partial charge in [-0.1, -0.05) is 6.92 Å². The van der Waals surface area contributed by atoms with Crippen molar-refractivity contribution in [3.63, 3.8) is 0 Å². The zero-order valence-electron chi connectivity index (χ0n) is 9.62. The van der Waals surface area contributed by atoms with Gasteiger partial charge in [-0.25, -0.2) is 0 Å². The third-order valence-corrected chi connectivity index (χ3v) is 3.09. The summed E-state index contributed by atoms with van der Waals surface area (Å²) in [6.45, 7) is 4.29. The summed E-state index contributed by atoms with van der Waals surface area (Å²) in [5.41, 5.74) is 0. The van der Waals surface area contributed by atoms with Crippen LogP contribution in [0.4, 0.5) is 0 Å². The Morgan fingerprint density at radius 1 is 1.43 bits per heavy atom. The number of carbonyl (C=O) groups excluding carboxylic acids is 1. The fourth-order valence-corrected chi connectivity index (χ4v) is 1.98. The second-order valence-corrected chi connectivity index (χ2v) is 4.29. The molecule has 0 atom stereocenters. The topological polar surface area (TPSA) is 23.6 Å². The van der Waals surface area contributed by atoms with Crippen LogP contribution in [0.1, 0.15) is 32.6 Å². The molecular formula is C11H22N2O. The number of amides is 1. The molecular weight excluding hydrogens is 176 g/mol. The van der Waals surface area contributed by atoms with Crippen LogP contribution < -0.4 is 0 Å². The van der Waals surface area contributed by atoms with Crippen LogP contribution in [0.15, 0.2) is 0 Å². The van der Waals surface area contributed by atoms with Gasteiger partial charge in [-0.3, -0.25) is 4.79 Å². The summed E-state index contributed by atoms with van der Waals surface area (Å²) < 4.78 is 0. The van der Waals surface area contributed by atoms with E-state index in [9.17, 15) is 4.79 Å². The molecule has 1 fully saturated rings. The van der Waals surface area contributed by atoms with E-state index in [2.05, 4.69) is 18.9 Å². The molecule has 0 aliphatic carbocycles. The van der Waals surface area contributed by atoms with Crippen molar-refractivity contribution in [2.24, 2.45) is 0 Å². The molecule has 1 saturated heterocycles. The fourth-order valence-electron chi connectivity index (χ4n) is 1.98. The van der Waals surface area contributed by atoms with Crippen LogP contribution in [0.3, 0.4) is 0 Å². The lowest BCUT2D eigenvalue weighted by molar-refractivity contribution is -0.132. The van der Waals surface area contributed by atoms with Crippen LogP contribution in [-0.4, -0.2) is 48.9 Å². The summed E-state index contributed by atoms with van der Waals surface area (Å²) in [7, 11) is 4.10. The Morgan fingerprint density at radius 2 is 2.00 bits per heavy atom. The number of rotatable bonds is 3. The minimum absolute atomic E-state index is 0.307. The van der Waals surface area contributed by atoms with Crippen molar-refractivity contribution >= 4 is 5.91 Å². The molecule has 0 unspecified atom stereocenters. The van der Waals surface area contributed by atoms with Crippen molar-refractivity contribution in [1.82, 2.24) is 9.80 Å². The van der Waals surface area contributed by atoms with Gasteiger partial charge >= 0.3 is 0 Å². The SMILES string of the molecule is CCCC(=O)N(C)C1CCN(C)CC1. The van der Waals surface area contributed by atoms with E-state index in [4.69, 9.17) is 0 Å². The van der Waals surface area contributed by atoms with Crippen LogP contribution in [0.25, 0.3) is 0 Å².